The number of ether oxygens (including phenoxy) is 1. The van der Waals surface area contributed by atoms with Crippen LogP contribution in [0.2, 0.25) is 0 Å². The molecule has 0 saturated carbocycles. The van der Waals surface area contributed by atoms with E-state index in [2.05, 4.69) is 28.6 Å². The van der Waals surface area contributed by atoms with E-state index in [0.717, 1.165) is 34.2 Å². The van der Waals surface area contributed by atoms with Gasteiger partial charge in [-0.1, -0.05) is 21.5 Å². The van der Waals surface area contributed by atoms with Crippen molar-refractivity contribution in [1.29, 1.82) is 0 Å². The first-order chi connectivity index (χ1) is 7.63. The molecule has 0 unspecified atom stereocenters. The van der Waals surface area contributed by atoms with Crippen LogP contribution in [0.15, 0.2) is 34.8 Å². The quantitative estimate of drug-likeness (QED) is 0.813. The maximum absolute atomic E-state index is 5.72. The minimum Gasteiger partial charge on any atom is -0.493 e. The molecule has 0 aromatic heterocycles. The number of hydrogen-bond donors (Lipinski definition) is 1. The van der Waals surface area contributed by atoms with Crippen LogP contribution in [0, 0.1) is 0 Å². The van der Waals surface area contributed by atoms with Crippen LogP contribution < -0.4 is 10.5 Å². The van der Waals surface area contributed by atoms with Gasteiger partial charge in [0.25, 0.3) is 0 Å². The zero-order valence-corrected chi connectivity index (χ0v) is 11.2. The zero-order valence-electron chi connectivity index (χ0n) is 9.63. The molecular formula is C13H18BrNO. The molecule has 3 heteroatoms. The molecule has 0 aliphatic carbocycles. The van der Waals surface area contributed by atoms with E-state index in [1.807, 2.05) is 19.1 Å². The van der Waals surface area contributed by atoms with Crippen molar-refractivity contribution >= 4 is 15.9 Å². The fourth-order valence-electron chi connectivity index (χ4n) is 1.37. The fourth-order valence-corrected chi connectivity index (χ4v) is 1.78. The predicted molar refractivity (Wildman–Crippen MR) is 71.8 cm³/mol. The van der Waals surface area contributed by atoms with Crippen LogP contribution in [-0.4, -0.2) is 13.2 Å². The van der Waals surface area contributed by atoms with Crippen LogP contribution in [0.25, 0.3) is 0 Å². The van der Waals surface area contributed by atoms with Gasteiger partial charge in [-0.3, -0.25) is 0 Å². The minimum atomic E-state index is 0.632. The summed E-state index contributed by atoms with van der Waals surface area (Å²) in [6.07, 6.45) is 1.72. The third-order valence-corrected chi connectivity index (χ3v) is 2.72. The molecule has 1 aromatic carbocycles. The maximum Gasteiger partial charge on any atom is 0.122 e. The first-order valence-corrected chi connectivity index (χ1v) is 6.18. The highest BCUT2D eigenvalue weighted by Crippen LogP contribution is 2.23. The summed E-state index contributed by atoms with van der Waals surface area (Å²) in [7, 11) is 0. The average Bonchev–Trinajstić information content (AvgIpc) is 2.21. The van der Waals surface area contributed by atoms with Crippen LogP contribution in [0.4, 0.5) is 0 Å². The lowest BCUT2D eigenvalue weighted by Crippen LogP contribution is -2.06. The number of benzene rings is 1. The summed E-state index contributed by atoms with van der Waals surface area (Å²) in [4.78, 5) is 0. The van der Waals surface area contributed by atoms with Gasteiger partial charge < -0.3 is 10.5 Å². The van der Waals surface area contributed by atoms with Gasteiger partial charge in [0, 0.05) is 10.9 Å². The predicted octanol–water partition coefficient (Wildman–Crippen LogP) is 3.30. The van der Waals surface area contributed by atoms with Crippen molar-refractivity contribution in [3.05, 3.63) is 40.4 Å². The zero-order chi connectivity index (χ0) is 12.0. The minimum absolute atomic E-state index is 0.632. The SMILES string of the molecule is C=C(C)CCOc1ccc(Br)cc1CCN. The molecule has 0 fully saturated rings. The third-order valence-electron chi connectivity index (χ3n) is 2.22. The van der Waals surface area contributed by atoms with Gasteiger partial charge in [-0.25, -0.2) is 0 Å². The molecule has 0 radical (unpaired) electrons. The largest absolute Gasteiger partial charge is 0.493 e. The third kappa shape index (κ3) is 4.37. The van der Waals surface area contributed by atoms with Crippen LogP contribution >= 0.6 is 15.9 Å². The summed E-state index contributed by atoms with van der Waals surface area (Å²) in [6.45, 7) is 7.16. The molecule has 0 amide bonds. The molecular weight excluding hydrogens is 266 g/mol. The first-order valence-electron chi connectivity index (χ1n) is 5.39. The van der Waals surface area contributed by atoms with Crippen LogP contribution in [0.1, 0.15) is 18.9 Å². The van der Waals surface area contributed by atoms with Gasteiger partial charge in [0.05, 0.1) is 6.61 Å². The Morgan fingerprint density at radius 1 is 1.50 bits per heavy atom. The molecule has 1 aromatic rings. The summed E-state index contributed by atoms with van der Waals surface area (Å²) in [6, 6.07) is 6.02. The molecule has 0 atom stereocenters. The molecule has 2 nitrogen and oxygen atoms in total. The Morgan fingerprint density at radius 2 is 2.25 bits per heavy atom. The summed E-state index contributed by atoms with van der Waals surface area (Å²) in [5, 5.41) is 0. The van der Waals surface area contributed by atoms with Crippen LogP contribution in [0.5, 0.6) is 5.75 Å². The van der Waals surface area contributed by atoms with Crippen molar-refractivity contribution in [2.75, 3.05) is 13.2 Å². The van der Waals surface area contributed by atoms with E-state index in [1.54, 1.807) is 0 Å². The molecule has 0 aliphatic heterocycles. The van der Waals surface area contributed by atoms with Crippen LogP contribution in [-0.2, 0) is 6.42 Å². The molecule has 88 valence electrons. The molecule has 16 heavy (non-hydrogen) atoms. The lowest BCUT2D eigenvalue weighted by Gasteiger charge is -2.11. The normalized spacial score (nSPS) is 10.2. The lowest BCUT2D eigenvalue weighted by atomic mass is 10.1. The van der Waals surface area contributed by atoms with Crippen molar-refractivity contribution in [1.82, 2.24) is 0 Å². The van der Waals surface area contributed by atoms with E-state index in [-0.39, 0.29) is 0 Å². The van der Waals surface area contributed by atoms with Gasteiger partial charge in [-0.05, 0) is 43.7 Å². The second kappa shape index (κ2) is 6.71. The Labute approximate surface area is 106 Å². The summed E-state index contributed by atoms with van der Waals surface area (Å²) in [5.74, 6) is 0.926. The molecule has 0 heterocycles. The van der Waals surface area contributed by atoms with Crippen molar-refractivity contribution in [3.8, 4) is 5.75 Å². The van der Waals surface area contributed by atoms with Crippen molar-refractivity contribution in [2.24, 2.45) is 5.73 Å². The second-order valence-electron chi connectivity index (χ2n) is 3.85. The standard InChI is InChI=1S/C13H18BrNO/c1-10(2)6-8-16-13-4-3-12(14)9-11(13)5-7-15/h3-4,9H,1,5-8,15H2,2H3. The lowest BCUT2D eigenvalue weighted by molar-refractivity contribution is 0.318. The monoisotopic (exact) mass is 283 g/mol. The summed E-state index contributed by atoms with van der Waals surface area (Å²) >= 11 is 3.45. The number of nitrogens with two attached hydrogens (primary N) is 1. The fraction of sp³-hybridized carbons (Fsp3) is 0.385. The van der Waals surface area contributed by atoms with E-state index < -0.39 is 0 Å². The molecule has 0 aliphatic rings. The topological polar surface area (TPSA) is 35.2 Å². The molecule has 0 saturated heterocycles. The second-order valence-corrected chi connectivity index (χ2v) is 4.76. The Morgan fingerprint density at radius 3 is 2.88 bits per heavy atom. The van der Waals surface area contributed by atoms with Gasteiger partial charge in [0.2, 0.25) is 0 Å². The van der Waals surface area contributed by atoms with E-state index in [9.17, 15) is 0 Å². The van der Waals surface area contributed by atoms with E-state index in [1.165, 1.54) is 0 Å². The van der Waals surface area contributed by atoms with Gasteiger partial charge in [0.1, 0.15) is 5.75 Å². The highest BCUT2D eigenvalue weighted by molar-refractivity contribution is 9.10. The van der Waals surface area contributed by atoms with E-state index >= 15 is 0 Å². The average molecular weight is 284 g/mol. The molecule has 1 rings (SSSR count). The van der Waals surface area contributed by atoms with E-state index in [0.29, 0.717) is 13.2 Å². The van der Waals surface area contributed by atoms with E-state index in [4.69, 9.17) is 10.5 Å². The highest BCUT2D eigenvalue weighted by Gasteiger charge is 2.03. The van der Waals surface area contributed by atoms with Crippen LogP contribution in [0.3, 0.4) is 0 Å². The Balaban J connectivity index is 2.66. The van der Waals surface area contributed by atoms with Gasteiger partial charge in [-0.15, -0.1) is 6.58 Å². The Hall–Kier alpha value is -0.800. The molecule has 2 N–H and O–H groups in total. The molecule has 0 bridgehead atoms. The Bertz CT molecular complexity index is 363. The first kappa shape index (κ1) is 13.3. The number of rotatable bonds is 6. The Kier molecular flexibility index (Phi) is 5.56. The van der Waals surface area contributed by atoms with Gasteiger partial charge >= 0.3 is 0 Å². The number of hydrogen-bond acceptors (Lipinski definition) is 2. The maximum atomic E-state index is 5.72. The van der Waals surface area contributed by atoms with Crippen molar-refractivity contribution < 1.29 is 4.74 Å². The van der Waals surface area contributed by atoms with Gasteiger partial charge in [-0.2, -0.15) is 0 Å². The molecule has 0 spiro atoms. The number of halogens is 1. The summed E-state index contributed by atoms with van der Waals surface area (Å²) < 4.78 is 6.78. The van der Waals surface area contributed by atoms with Gasteiger partial charge in [0.15, 0.2) is 0 Å². The smallest absolute Gasteiger partial charge is 0.122 e. The highest BCUT2D eigenvalue weighted by atomic mass is 79.9. The van der Waals surface area contributed by atoms with Crippen molar-refractivity contribution in [2.45, 2.75) is 19.8 Å². The summed E-state index contributed by atoms with van der Waals surface area (Å²) in [5.41, 5.74) is 7.86. The van der Waals surface area contributed by atoms with Crippen molar-refractivity contribution in [3.63, 3.8) is 0 Å².